The third-order valence-electron chi connectivity index (χ3n) is 3.58. The molecule has 0 spiro atoms. The maximum atomic E-state index is 12.4. The van der Waals surface area contributed by atoms with E-state index < -0.39 is 20.8 Å². The lowest BCUT2D eigenvalue weighted by molar-refractivity contribution is -0.115. The van der Waals surface area contributed by atoms with Crippen LogP contribution >= 0.6 is 11.8 Å². The Bertz CT molecular complexity index is 1010. The van der Waals surface area contributed by atoms with Gasteiger partial charge in [0, 0.05) is 17.3 Å². The van der Waals surface area contributed by atoms with Gasteiger partial charge in [0.15, 0.2) is 5.82 Å². The van der Waals surface area contributed by atoms with Gasteiger partial charge in [0.05, 0.1) is 15.9 Å². The largest absolute Gasteiger partial charge is 0.360 e. The molecule has 2 amide bonds. The topological polar surface area (TPSA) is 130 Å². The smallest absolute Gasteiger partial charge is 0.241 e. The number of carbonyl (C=O) groups is 2. The number of amides is 2. The van der Waals surface area contributed by atoms with Crippen LogP contribution in [-0.4, -0.2) is 41.9 Å². The monoisotopic (exact) mass is 454 g/mol. The molecule has 1 atom stereocenters. The fraction of sp³-hybridized carbons (Fsp3) is 0.421. The van der Waals surface area contributed by atoms with Gasteiger partial charge in [0.1, 0.15) is 5.76 Å². The van der Waals surface area contributed by atoms with Crippen molar-refractivity contribution in [2.45, 2.75) is 50.3 Å². The Morgan fingerprint density at radius 2 is 1.90 bits per heavy atom. The molecule has 2 rings (SSSR count). The van der Waals surface area contributed by atoms with E-state index >= 15 is 0 Å². The van der Waals surface area contributed by atoms with Crippen LogP contribution in [0.4, 0.5) is 11.5 Å². The summed E-state index contributed by atoms with van der Waals surface area (Å²) in [6, 6.07) is 7.59. The van der Waals surface area contributed by atoms with Crippen molar-refractivity contribution in [3.8, 4) is 0 Å². The number of hydrogen-bond acceptors (Lipinski definition) is 7. The fourth-order valence-corrected chi connectivity index (χ4v) is 4.48. The van der Waals surface area contributed by atoms with Gasteiger partial charge in [-0.05, 0) is 52.8 Å². The SMILES string of the molecule is Cc1cc(NC(=O)C(C)SCC(=O)Nc2cccc(S(=O)(=O)NC(C)(C)C)c2)no1. The highest BCUT2D eigenvalue weighted by molar-refractivity contribution is 8.01. The maximum Gasteiger partial charge on any atom is 0.241 e. The zero-order valence-corrected chi connectivity index (χ0v) is 19.1. The van der Waals surface area contributed by atoms with Crippen molar-refractivity contribution in [1.29, 1.82) is 0 Å². The number of nitrogens with zero attached hydrogens (tertiary/aromatic N) is 1. The molecule has 9 nitrogen and oxygen atoms in total. The normalized spacial score (nSPS) is 13.0. The van der Waals surface area contributed by atoms with E-state index in [0.717, 1.165) is 11.8 Å². The second-order valence-electron chi connectivity index (χ2n) is 7.70. The minimum Gasteiger partial charge on any atom is -0.360 e. The lowest BCUT2D eigenvalue weighted by Gasteiger charge is -2.20. The fourth-order valence-electron chi connectivity index (χ4n) is 2.33. The summed E-state index contributed by atoms with van der Waals surface area (Å²) in [5.41, 5.74) is -0.275. The van der Waals surface area contributed by atoms with Crippen molar-refractivity contribution in [1.82, 2.24) is 9.88 Å². The Kier molecular flexibility index (Phi) is 7.67. The van der Waals surface area contributed by atoms with E-state index in [2.05, 4.69) is 20.5 Å². The van der Waals surface area contributed by atoms with Gasteiger partial charge in [-0.15, -0.1) is 11.8 Å². The Balaban J connectivity index is 1.91. The summed E-state index contributed by atoms with van der Waals surface area (Å²) in [5.74, 6) is 0.254. The van der Waals surface area contributed by atoms with Gasteiger partial charge in [-0.3, -0.25) is 9.59 Å². The number of benzene rings is 1. The highest BCUT2D eigenvalue weighted by Gasteiger charge is 2.22. The third-order valence-corrected chi connectivity index (χ3v) is 6.48. The first-order valence-corrected chi connectivity index (χ1v) is 11.7. The van der Waals surface area contributed by atoms with Gasteiger partial charge < -0.3 is 15.2 Å². The molecule has 164 valence electrons. The number of carbonyl (C=O) groups excluding carboxylic acids is 2. The molecule has 1 heterocycles. The van der Waals surface area contributed by atoms with Crippen LogP contribution in [0, 0.1) is 6.92 Å². The van der Waals surface area contributed by atoms with E-state index in [1.165, 1.54) is 12.1 Å². The number of thioether (sulfide) groups is 1. The van der Waals surface area contributed by atoms with Crippen LogP contribution in [0.5, 0.6) is 0 Å². The van der Waals surface area contributed by atoms with E-state index in [9.17, 15) is 18.0 Å². The van der Waals surface area contributed by atoms with Crippen LogP contribution in [0.15, 0.2) is 39.8 Å². The molecule has 11 heteroatoms. The van der Waals surface area contributed by atoms with Gasteiger partial charge in [-0.1, -0.05) is 11.2 Å². The van der Waals surface area contributed by atoms with E-state index in [1.54, 1.807) is 52.8 Å². The van der Waals surface area contributed by atoms with Gasteiger partial charge >= 0.3 is 0 Å². The number of rotatable bonds is 8. The number of aryl methyl sites for hydroxylation is 1. The van der Waals surface area contributed by atoms with Crippen LogP contribution in [-0.2, 0) is 19.6 Å². The Morgan fingerprint density at radius 1 is 1.20 bits per heavy atom. The first-order valence-electron chi connectivity index (χ1n) is 9.15. The summed E-state index contributed by atoms with van der Waals surface area (Å²) in [6.07, 6.45) is 0. The Morgan fingerprint density at radius 3 is 2.50 bits per heavy atom. The molecular formula is C19H26N4O5S2. The highest BCUT2D eigenvalue weighted by Crippen LogP contribution is 2.19. The van der Waals surface area contributed by atoms with Gasteiger partial charge in [-0.2, -0.15) is 0 Å². The van der Waals surface area contributed by atoms with Gasteiger partial charge in [-0.25, -0.2) is 13.1 Å². The van der Waals surface area contributed by atoms with E-state index in [0.29, 0.717) is 17.3 Å². The molecule has 0 aliphatic carbocycles. The number of sulfonamides is 1. The lowest BCUT2D eigenvalue weighted by atomic mass is 10.1. The molecule has 0 saturated carbocycles. The molecule has 3 N–H and O–H groups in total. The minimum absolute atomic E-state index is 0.0175. The quantitative estimate of drug-likeness (QED) is 0.559. The van der Waals surface area contributed by atoms with Crippen molar-refractivity contribution in [2.24, 2.45) is 0 Å². The van der Waals surface area contributed by atoms with E-state index in [1.807, 2.05) is 0 Å². The third kappa shape index (κ3) is 7.47. The summed E-state index contributed by atoms with van der Waals surface area (Å²) >= 11 is 1.14. The zero-order chi connectivity index (χ0) is 22.5. The molecular weight excluding hydrogens is 428 g/mol. The summed E-state index contributed by atoms with van der Waals surface area (Å²) in [6.45, 7) is 8.62. The number of aromatic nitrogens is 1. The number of hydrogen-bond donors (Lipinski definition) is 3. The average molecular weight is 455 g/mol. The molecule has 0 fully saturated rings. The summed E-state index contributed by atoms with van der Waals surface area (Å²) in [7, 11) is -3.71. The van der Waals surface area contributed by atoms with Crippen LogP contribution in [0.2, 0.25) is 0 Å². The van der Waals surface area contributed by atoms with Crippen molar-refractivity contribution < 1.29 is 22.5 Å². The molecule has 1 aromatic carbocycles. The standard InChI is InChI=1S/C19H26N4O5S2/c1-12-9-16(22-28-12)21-18(25)13(2)29-11-17(24)20-14-7-6-8-15(10-14)30(26,27)23-19(3,4)5/h6-10,13,23H,11H2,1-5H3,(H,20,24)(H,21,22,25). The molecule has 2 aromatic rings. The van der Waals surface area contributed by atoms with E-state index in [-0.39, 0.29) is 22.5 Å². The first kappa shape index (κ1) is 23.9. The van der Waals surface area contributed by atoms with Gasteiger partial charge in [0.25, 0.3) is 0 Å². The molecule has 0 bridgehead atoms. The molecule has 1 unspecified atom stereocenters. The minimum atomic E-state index is -3.71. The van der Waals surface area contributed by atoms with Crippen molar-refractivity contribution >= 4 is 45.1 Å². The summed E-state index contributed by atoms with van der Waals surface area (Å²) in [5, 5.41) is 8.45. The number of nitrogens with one attached hydrogen (secondary N) is 3. The van der Waals surface area contributed by atoms with Crippen molar-refractivity contribution in [3.63, 3.8) is 0 Å². The predicted octanol–water partition coefficient (Wildman–Crippen LogP) is 2.76. The number of anilines is 2. The Labute approximate surface area is 180 Å². The maximum absolute atomic E-state index is 12.4. The van der Waals surface area contributed by atoms with Gasteiger partial charge in [0.2, 0.25) is 21.8 Å². The van der Waals surface area contributed by atoms with Crippen LogP contribution in [0.1, 0.15) is 33.5 Å². The van der Waals surface area contributed by atoms with Crippen LogP contribution < -0.4 is 15.4 Å². The van der Waals surface area contributed by atoms with Crippen LogP contribution in [0.3, 0.4) is 0 Å². The van der Waals surface area contributed by atoms with Crippen molar-refractivity contribution in [2.75, 3.05) is 16.4 Å². The molecule has 0 saturated heterocycles. The van der Waals surface area contributed by atoms with E-state index in [4.69, 9.17) is 4.52 Å². The predicted molar refractivity (Wildman–Crippen MR) is 117 cm³/mol. The lowest BCUT2D eigenvalue weighted by Crippen LogP contribution is -2.40. The average Bonchev–Trinajstić information content (AvgIpc) is 3.02. The second-order valence-corrected chi connectivity index (χ2v) is 10.7. The molecule has 0 aliphatic heterocycles. The highest BCUT2D eigenvalue weighted by atomic mass is 32.2. The van der Waals surface area contributed by atoms with Crippen LogP contribution in [0.25, 0.3) is 0 Å². The zero-order valence-electron chi connectivity index (χ0n) is 17.5. The summed E-state index contributed by atoms with van der Waals surface area (Å²) < 4.78 is 32.3. The molecule has 1 aromatic heterocycles. The molecule has 30 heavy (non-hydrogen) atoms. The molecule has 0 aliphatic rings. The first-order chi connectivity index (χ1) is 13.9. The molecule has 0 radical (unpaired) electrons. The second kappa shape index (κ2) is 9.63. The van der Waals surface area contributed by atoms with Crippen molar-refractivity contribution in [3.05, 3.63) is 36.1 Å². The summed E-state index contributed by atoms with van der Waals surface area (Å²) in [4.78, 5) is 24.4. The Hall–Kier alpha value is -2.37.